The van der Waals surface area contributed by atoms with Gasteiger partial charge in [-0.1, -0.05) is 12.1 Å². The molecule has 152 valence electrons. The molecule has 0 bridgehead atoms. The van der Waals surface area contributed by atoms with Gasteiger partial charge in [0.25, 0.3) is 10.0 Å². The topological polar surface area (TPSA) is 83.2 Å². The molecular formula is C21H30N3O3S+. The van der Waals surface area contributed by atoms with Crippen molar-refractivity contribution in [3.05, 3.63) is 58.7 Å². The zero-order valence-corrected chi connectivity index (χ0v) is 18.0. The Hall–Kier alpha value is -2.38. The summed E-state index contributed by atoms with van der Waals surface area (Å²) in [5.74, 6) is 0.243. The summed E-state index contributed by atoms with van der Waals surface area (Å²) in [6.07, 6.45) is 0. The summed E-state index contributed by atoms with van der Waals surface area (Å²) >= 11 is 0. The number of hydrogen-bond acceptors (Lipinski definition) is 4. The lowest BCUT2D eigenvalue weighted by molar-refractivity contribution is -0.910. The first kappa shape index (κ1) is 21.9. The average Bonchev–Trinajstić information content (AvgIpc) is 2.67. The van der Waals surface area contributed by atoms with Crippen LogP contribution in [0.25, 0.3) is 0 Å². The highest BCUT2D eigenvalue weighted by atomic mass is 32.2. The van der Waals surface area contributed by atoms with E-state index in [1.807, 2.05) is 19.1 Å². The predicted molar refractivity (Wildman–Crippen MR) is 112 cm³/mol. The van der Waals surface area contributed by atoms with E-state index >= 15 is 0 Å². The smallest absolute Gasteiger partial charge is 0.276 e. The summed E-state index contributed by atoms with van der Waals surface area (Å²) < 4.78 is 25.2. The van der Waals surface area contributed by atoms with Crippen LogP contribution in [0.2, 0.25) is 0 Å². The van der Waals surface area contributed by atoms with E-state index in [4.69, 9.17) is 0 Å². The van der Waals surface area contributed by atoms with Crippen LogP contribution in [0.3, 0.4) is 0 Å². The maximum absolute atomic E-state index is 12.6. The quantitative estimate of drug-likeness (QED) is 0.466. The van der Waals surface area contributed by atoms with Crippen molar-refractivity contribution < 1.29 is 18.4 Å². The number of nitrogens with one attached hydrogen (secondary N) is 2. The number of nitrogens with zero attached hydrogens (tertiary/aromatic N) is 1. The molecular weight excluding hydrogens is 374 g/mol. The Labute approximate surface area is 168 Å². The number of rotatable bonds is 8. The minimum absolute atomic E-state index is 0.223. The first-order valence-corrected chi connectivity index (χ1v) is 11.0. The molecule has 2 aromatic carbocycles. The fraction of sp³-hybridized carbons (Fsp3) is 0.381. The van der Waals surface area contributed by atoms with Crippen molar-refractivity contribution in [3.8, 4) is 5.75 Å². The van der Waals surface area contributed by atoms with Gasteiger partial charge >= 0.3 is 0 Å². The van der Waals surface area contributed by atoms with Gasteiger partial charge in [0.15, 0.2) is 0 Å². The van der Waals surface area contributed by atoms with Crippen molar-refractivity contribution in [1.29, 1.82) is 0 Å². The molecule has 0 saturated heterocycles. The van der Waals surface area contributed by atoms with Gasteiger partial charge in [0, 0.05) is 5.56 Å². The van der Waals surface area contributed by atoms with E-state index in [0.717, 1.165) is 29.8 Å². The van der Waals surface area contributed by atoms with Crippen molar-refractivity contribution in [2.24, 2.45) is 5.10 Å². The van der Waals surface area contributed by atoms with Gasteiger partial charge in [0.05, 0.1) is 23.7 Å². The standard InChI is InChI=1S/C21H29N3O3S/c1-6-24(7-2)14-19-13-18(10-11-20(19)25)17(5)22-23-28(26,27)21-12-15(3)8-9-16(21)4/h8-13,23,25H,6-7,14H2,1-5H3/p+1/b22-17+. The molecule has 0 spiro atoms. The highest BCUT2D eigenvalue weighted by Crippen LogP contribution is 2.19. The van der Waals surface area contributed by atoms with Gasteiger partial charge in [-0.3, -0.25) is 0 Å². The summed E-state index contributed by atoms with van der Waals surface area (Å²) in [5.41, 5.74) is 3.66. The lowest BCUT2D eigenvalue weighted by Gasteiger charge is -2.16. The van der Waals surface area contributed by atoms with Crippen LogP contribution in [0.5, 0.6) is 5.75 Å². The fourth-order valence-corrected chi connectivity index (χ4v) is 4.15. The molecule has 2 aromatic rings. The molecule has 0 aliphatic heterocycles. The molecule has 0 aliphatic carbocycles. The van der Waals surface area contributed by atoms with Crippen LogP contribution < -0.4 is 9.73 Å². The molecule has 3 N–H and O–H groups in total. The summed E-state index contributed by atoms with van der Waals surface area (Å²) in [5, 5.41) is 14.3. The predicted octanol–water partition coefficient (Wildman–Crippen LogP) is 2.14. The minimum atomic E-state index is -3.75. The Kier molecular flexibility index (Phi) is 7.21. The lowest BCUT2D eigenvalue weighted by atomic mass is 10.1. The molecule has 0 saturated carbocycles. The highest BCUT2D eigenvalue weighted by molar-refractivity contribution is 7.89. The Morgan fingerprint density at radius 3 is 2.43 bits per heavy atom. The molecule has 0 amide bonds. The number of sulfonamides is 1. The molecule has 0 radical (unpaired) electrons. The normalized spacial score (nSPS) is 12.4. The van der Waals surface area contributed by atoms with Crippen molar-refractivity contribution in [1.82, 2.24) is 4.83 Å². The third-order valence-electron chi connectivity index (χ3n) is 4.90. The number of hydrogen-bond donors (Lipinski definition) is 3. The van der Waals surface area contributed by atoms with Gasteiger partial charge in [-0.05, 0) is 75.6 Å². The number of hydrazone groups is 1. The monoisotopic (exact) mass is 404 g/mol. The van der Waals surface area contributed by atoms with Crippen molar-refractivity contribution in [3.63, 3.8) is 0 Å². The van der Waals surface area contributed by atoms with E-state index in [0.29, 0.717) is 17.8 Å². The second-order valence-corrected chi connectivity index (χ2v) is 8.67. The number of quaternary nitrogens is 1. The highest BCUT2D eigenvalue weighted by Gasteiger charge is 2.17. The van der Waals surface area contributed by atoms with Crippen molar-refractivity contribution in [2.75, 3.05) is 13.1 Å². The van der Waals surface area contributed by atoms with Gasteiger partial charge < -0.3 is 10.0 Å². The molecule has 0 aliphatic rings. The van der Waals surface area contributed by atoms with Gasteiger partial charge in [0.1, 0.15) is 12.3 Å². The molecule has 28 heavy (non-hydrogen) atoms. The largest absolute Gasteiger partial charge is 0.507 e. The first-order valence-electron chi connectivity index (χ1n) is 9.47. The van der Waals surface area contributed by atoms with E-state index in [1.54, 1.807) is 38.1 Å². The molecule has 0 fully saturated rings. The molecule has 0 aromatic heterocycles. The molecule has 6 nitrogen and oxygen atoms in total. The third kappa shape index (κ3) is 5.33. The summed E-state index contributed by atoms with van der Waals surface area (Å²) in [6, 6.07) is 10.5. The van der Waals surface area contributed by atoms with Crippen LogP contribution in [-0.4, -0.2) is 32.3 Å². The Morgan fingerprint density at radius 1 is 1.11 bits per heavy atom. The van der Waals surface area contributed by atoms with Crippen molar-refractivity contribution >= 4 is 15.7 Å². The summed E-state index contributed by atoms with van der Waals surface area (Å²) in [4.78, 5) is 3.90. The van der Waals surface area contributed by atoms with Crippen LogP contribution in [0.15, 0.2) is 46.4 Å². The van der Waals surface area contributed by atoms with Gasteiger partial charge in [-0.2, -0.15) is 18.4 Å². The average molecular weight is 405 g/mol. The third-order valence-corrected chi connectivity index (χ3v) is 6.25. The van der Waals surface area contributed by atoms with E-state index in [9.17, 15) is 13.5 Å². The van der Waals surface area contributed by atoms with E-state index in [-0.39, 0.29) is 10.6 Å². The number of benzene rings is 2. The second-order valence-electron chi connectivity index (χ2n) is 7.04. The first-order chi connectivity index (χ1) is 13.2. The SMILES string of the molecule is CC[NH+](CC)Cc1cc(/C(C)=N/NS(=O)(=O)c2cc(C)ccc2C)ccc1O. The zero-order valence-electron chi connectivity index (χ0n) is 17.2. The number of aromatic hydroxyl groups is 1. The molecule has 0 atom stereocenters. The Bertz CT molecular complexity index is 965. The number of phenolic OH excluding ortho intramolecular Hbond substituents is 1. The fourth-order valence-electron chi connectivity index (χ4n) is 2.96. The van der Waals surface area contributed by atoms with E-state index in [2.05, 4.69) is 23.8 Å². The molecule has 0 unspecified atom stereocenters. The molecule has 0 heterocycles. The Morgan fingerprint density at radius 2 is 1.79 bits per heavy atom. The maximum Gasteiger partial charge on any atom is 0.276 e. The van der Waals surface area contributed by atoms with Crippen LogP contribution in [0, 0.1) is 13.8 Å². The minimum Gasteiger partial charge on any atom is -0.507 e. The van der Waals surface area contributed by atoms with Crippen molar-refractivity contribution in [2.45, 2.75) is 46.1 Å². The number of phenols is 1. The Balaban J connectivity index is 2.27. The van der Waals surface area contributed by atoms with E-state index in [1.165, 1.54) is 4.90 Å². The molecule has 7 heteroatoms. The molecule has 2 rings (SSSR count). The van der Waals surface area contributed by atoms with Crippen LogP contribution in [0.1, 0.15) is 43.0 Å². The maximum atomic E-state index is 12.6. The lowest BCUT2D eigenvalue weighted by Crippen LogP contribution is -3.10. The van der Waals surface area contributed by atoms with Crippen LogP contribution >= 0.6 is 0 Å². The zero-order chi connectivity index (χ0) is 20.9. The van der Waals surface area contributed by atoms with Gasteiger partial charge in [-0.15, -0.1) is 0 Å². The van der Waals surface area contributed by atoms with Crippen LogP contribution in [0.4, 0.5) is 0 Å². The van der Waals surface area contributed by atoms with Gasteiger partial charge in [0.2, 0.25) is 0 Å². The summed E-state index contributed by atoms with van der Waals surface area (Å²) in [6.45, 7) is 12.2. The van der Waals surface area contributed by atoms with Gasteiger partial charge in [-0.25, -0.2) is 0 Å². The van der Waals surface area contributed by atoms with E-state index < -0.39 is 10.0 Å². The summed E-state index contributed by atoms with van der Waals surface area (Å²) in [7, 11) is -3.75. The second kappa shape index (κ2) is 9.21. The van der Waals surface area contributed by atoms with Crippen LogP contribution in [-0.2, 0) is 16.6 Å². The number of aryl methyl sites for hydroxylation is 2.